The summed E-state index contributed by atoms with van der Waals surface area (Å²) in [5, 5.41) is 2.83. The molecule has 0 saturated heterocycles. The maximum absolute atomic E-state index is 10.7. The predicted molar refractivity (Wildman–Crippen MR) is 56.1 cm³/mol. The molecule has 0 aliphatic carbocycles. The van der Waals surface area contributed by atoms with Gasteiger partial charge in [0.2, 0.25) is 5.91 Å². The second-order valence-corrected chi connectivity index (χ2v) is 2.76. The van der Waals surface area contributed by atoms with Gasteiger partial charge in [-0.25, -0.2) is 4.99 Å². The Kier molecular flexibility index (Phi) is 6.28. The lowest BCUT2D eigenvalue weighted by atomic mass is 10.5. The number of carbonyl (C=O) groups excluding carboxylic acids is 1. The molecular formula is C8H10Cl2N2O. The minimum atomic E-state index is -0.347. The first-order valence-corrected chi connectivity index (χ1v) is 4.42. The van der Waals surface area contributed by atoms with E-state index in [1.807, 2.05) is 0 Å². The number of nitrogens with one attached hydrogen (secondary N) is 1. The van der Waals surface area contributed by atoms with Crippen LogP contribution in [-0.2, 0) is 4.79 Å². The zero-order valence-corrected chi connectivity index (χ0v) is 8.69. The molecule has 0 aliphatic rings. The first-order valence-electron chi connectivity index (χ1n) is 3.50. The van der Waals surface area contributed by atoms with Crippen LogP contribution >= 0.6 is 23.2 Å². The smallest absolute Gasteiger partial charge is 0.240 e. The van der Waals surface area contributed by atoms with Gasteiger partial charge in [-0.2, -0.15) is 0 Å². The maximum atomic E-state index is 10.7. The van der Waals surface area contributed by atoms with Crippen LogP contribution in [0.2, 0.25) is 0 Å². The Hall–Kier alpha value is -0.800. The fraction of sp³-hybridized carbons (Fsp3) is 0.250. The Balaban J connectivity index is 4.02. The van der Waals surface area contributed by atoms with E-state index >= 15 is 0 Å². The van der Waals surface area contributed by atoms with E-state index in [4.69, 9.17) is 23.2 Å². The third-order valence-corrected chi connectivity index (χ3v) is 1.58. The van der Waals surface area contributed by atoms with Crippen molar-refractivity contribution in [2.45, 2.75) is 6.92 Å². The van der Waals surface area contributed by atoms with Crippen LogP contribution < -0.4 is 5.32 Å². The van der Waals surface area contributed by atoms with Gasteiger partial charge in [-0.15, -0.1) is 11.6 Å². The quantitative estimate of drug-likeness (QED) is 0.572. The largest absolute Gasteiger partial charge is 0.310 e. The normalized spacial score (nSPS) is 11.8. The zero-order chi connectivity index (χ0) is 10.3. The molecule has 13 heavy (non-hydrogen) atoms. The van der Waals surface area contributed by atoms with Crippen molar-refractivity contribution in [1.82, 2.24) is 5.32 Å². The third-order valence-electron chi connectivity index (χ3n) is 1.02. The maximum Gasteiger partial charge on any atom is 0.240 e. The average Bonchev–Trinajstić information content (AvgIpc) is 2.13. The standard InChI is InChI=1S/C8H10Cl2N2O/c1-3-7(10)5-11-6(2)12-8(13)4-9/h3,5H,2,4H2,1H3,(H,12,13)/b7-3+,11-5?. The molecule has 0 radical (unpaired) electrons. The monoisotopic (exact) mass is 220 g/mol. The number of allylic oxidation sites excluding steroid dienone is 2. The number of carbonyl (C=O) groups is 1. The second kappa shape index (κ2) is 6.69. The van der Waals surface area contributed by atoms with Crippen molar-refractivity contribution in [3.8, 4) is 0 Å². The molecule has 0 heterocycles. The van der Waals surface area contributed by atoms with E-state index in [9.17, 15) is 4.79 Å². The van der Waals surface area contributed by atoms with Crippen molar-refractivity contribution in [2.75, 3.05) is 5.88 Å². The summed E-state index contributed by atoms with van der Waals surface area (Å²) in [6.45, 7) is 5.25. The lowest BCUT2D eigenvalue weighted by Gasteiger charge is -1.99. The Morgan fingerprint density at radius 2 is 2.31 bits per heavy atom. The lowest BCUT2D eigenvalue weighted by molar-refractivity contribution is -0.117. The highest BCUT2D eigenvalue weighted by molar-refractivity contribution is 6.39. The summed E-state index contributed by atoms with van der Waals surface area (Å²) in [5.41, 5.74) is 0. The number of rotatable bonds is 4. The number of aliphatic imine (C=N–C) groups is 1. The molecule has 0 spiro atoms. The molecule has 0 aromatic heterocycles. The van der Waals surface area contributed by atoms with E-state index < -0.39 is 0 Å². The molecule has 0 unspecified atom stereocenters. The summed E-state index contributed by atoms with van der Waals surface area (Å²) >= 11 is 10.9. The van der Waals surface area contributed by atoms with Crippen LogP contribution in [0.3, 0.4) is 0 Å². The average molecular weight is 221 g/mol. The van der Waals surface area contributed by atoms with Crippen molar-refractivity contribution >= 4 is 35.3 Å². The molecule has 0 fully saturated rings. The molecule has 0 bridgehead atoms. The Labute approximate surface area is 87.1 Å². The third kappa shape index (κ3) is 6.37. The van der Waals surface area contributed by atoms with Gasteiger partial charge in [0.1, 0.15) is 11.7 Å². The van der Waals surface area contributed by atoms with E-state index in [0.717, 1.165) is 0 Å². The van der Waals surface area contributed by atoms with Gasteiger partial charge in [-0.3, -0.25) is 4.79 Å². The first kappa shape index (κ1) is 12.2. The molecule has 1 N–H and O–H groups in total. The highest BCUT2D eigenvalue weighted by atomic mass is 35.5. The topological polar surface area (TPSA) is 41.5 Å². The predicted octanol–water partition coefficient (Wildman–Crippen LogP) is 2.03. The van der Waals surface area contributed by atoms with E-state index in [1.54, 1.807) is 13.0 Å². The van der Waals surface area contributed by atoms with Gasteiger partial charge in [0, 0.05) is 6.21 Å². The minimum Gasteiger partial charge on any atom is -0.310 e. The molecule has 5 heteroatoms. The van der Waals surface area contributed by atoms with Crippen molar-refractivity contribution < 1.29 is 4.79 Å². The number of hydrogen-bond donors (Lipinski definition) is 1. The summed E-state index contributed by atoms with van der Waals surface area (Å²) in [4.78, 5) is 14.5. The number of nitrogens with zero attached hydrogens (tertiary/aromatic N) is 1. The van der Waals surface area contributed by atoms with Crippen molar-refractivity contribution in [2.24, 2.45) is 4.99 Å². The van der Waals surface area contributed by atoms with E-state index in [-0.39, 0.29) is 17.6 Å². The van der Waals surface area contributed by atoms with Crippen LogP contribution in [0.4, 0.5) is 0 Å². The van der Waals surface area contributed by atoms with Gasteiger partial charge >= 0.3 is 0 Å². The molecule has 0 aromatic rings. The van der Waals surface area contributed by atoms with Crippen molar-refractivity contribution in [3.63, 3.8) is 0 Å². The van der Waals surface area contributed by atoms with Crippen LogP contribution in [0, 0.1) is 0 Å². The number of alkyl halides is 1. The number of hydrogen-bond acceptors (Lipinski definition) is 2. The first-order chi connectivity index (χ1) is 6.10. The van der Waals surface area contributed by atoms with Crippen LogP contribution in [0.25, 0.3) is 0 Å². The molecule has 0 aromatic carbocycles. The zero-order valence-electron chi connectivity index (χ0n) is 7.18. The Morgan fingerprint density at radius 3 is 2.77 bits per heavy atom. The fourth-order valence-electron chi connectivity index (χ4n) is 0.441. The van der Waals surface area contributed by atoms with Crippen LogP contribution in [0.1, 0.15) is 6.92 Å². The molecule has 0 atom stereocenters. The van der Waals surface area contributed by atoms with Gasteiger partial charge in [0.15, 0.2) is 0 Å². The summed E-state index contributed by atoms with van der Waals surface area (Å²) in [7, 11) is 0. The second-order valence-electron chi connectivity index (χ2n) is 2.06. The van der Waals surface area contributed by atoms with Crippen LogP contribution in [-0.4, -0.2) is 18.0 Å². The fourth-order valence-corrected chi connectivity index (χ4v) is 0.556. The molecule has 3 nitrogen and oxygen atoms in total. The molecule has 72 valence electrons. The van der Waals surface area contributed by atoms with Crippen molar-refractivity contribution in [3.05, 3.63) is 23.5 Å². The molecule has 0 aliphatic heterocycles. The van der Waals surface area contributed by atoms with E-state index in [0.29, 0.717) is 5.03 Å². The SMILES string of the molecule is C=C(N=C/C(Cl)=C\C)NC(=O)CCl. The number of halogens is 2. The highest BCUT2D eigenvalue weighted by Gasteiger charge is 1.97. The lowest BCUT2D eigenvalue weighted by Crippen LogP contribution is -2.22. The summed E-state index contributed by atoms with van der Waals surface area (Å²) < 4.78 is 0. The van der Waals surface area contributed by atoms with E-state index in [1.165, 1.54) is 6.21 Å². The Morgan fingerprint density at radius 1 is 1.69 bits per heavy atom. The van der Waals surface area contributed by atoms with Gasteiger partial charge in [-0.05, 0) is 6.92 Å². The molecule has 0 saturated carbocycles. The highest BCUT2D eigenvalue weighted by Crippen LogP contribution is 1.97. The van der Waals surface area contributed by atoms with Gasteiger partial charge in [0.25, 0.3) is 0 Å². The van der Waals surface area contributed by atoms with Crippen LogP contribution in [0.15, 0.2) is 28.5 Å². The van der Waals surface area contributed by atoms with E-state index in [2.05, 4.69) is 16.9 Å². The molecule has 1 amide bonds. The van der Waals surface area contributed by atoms with Crippen molar-refractivity contribution in [1.29, 1.82) is 0 Å². The molecule has 0 rings (SSSR count). The molecular weight excluding hydrogens is 211 g/mol. The summed E-state index contributed by atoms with van der Waals surface area (Å²) in [6, 6.07) is 0. The minimum absolute atomic E-state index is 0.119. The van der Waals surface area contributed by atoms with Gasteiger partial charge < -0.3 is 5.32 Å². The summed E-state index contributed by atoms with van der Waals surface area (Å²) in [5.74, 6) is -0.252. The van der Waals surface area contributed by atoms with Gasteiger partial charge in [0.05, 0.1) is 5.03 Å². The summed E-state index contributed by atoms with van der Waals surface area (Å²) in [6.07, 6.45) is 3.06. The van der Waals surface area contributed by atoms with Gasteiger partial charge in [-0.1, -0.05) is 24.3 Å². The number of amides is 1. The Bertz CT molecular complexity index is 259. The van der Waals surface area contributed by atoms with Crippen LogP contribution in [0.5, 0.6) is 0 Å².